The van der Waals surface area contributed by atoms with E-state index in [2.05, 4.69) is 39.5 Å². The third-order valence-corrected chi connectivity index (χ3v) is 4.43. The SMILES string of the molecule is CN1CC(NC(=O)c2ncn(C(C)(C)C)n2)C(c2ccccc2)C1. The number of hydrogen-bond donors (Lipinski definition) is 1. The number of hydrogen-bond acceptors (Lipinski definition) is 4. The second-order valence-corrected chi connectivity index (χ2v) is 7.50. The predicted molar refractivity (Wildman–Crippen MR) is 93.0 cm³/mol. The van der Waals surface area contributed by atoms with Gasteiger partial charge in [0.15, 0.2) is 0 Å². The number of rotatable bonds is 3. The van der Waals surface area contributed by atoms with Gasteiger partial charge in [-0.25, -0.2) is 9.67 Å². The Morgan fingerprint density at radius 2 is 1.92 bits per heavy atom. The van der Waals surface area contributed by atoms with Gasteiger partial charge in [0.05, 0.1) is 11.6 Å². The van der Waals surface area contributed by atoms with Gasteiger partial charge >= 0.3 is 0 Å². The fourth-order valence-electron chi connectivity index (χ4n) is 3.11. The lowest BCUT2D eigenvalue weighted by Gasteiger charge is -2.20. The molecule has 0 spiro atoms. The number of carbonyl (C=O) groups is 1. The highest BCUT2D eigenvalue weighted by atomic mass is 16.2. The molecule has 2 heterocycles. The molecule has 0 radical (unpaired) electrons. The van der Waals surface area contributed by atoms with Gasteiger partial charge in [0.1, 0.15) is 6.33 Å². The summed E-state index contributed by atoms with van der Waals surface area (Å²) < 4.78 is 1.72. The quantitative estimate of drug-likeness (QED) is 0.935. The lowest BCUT2D eigenvalue weighted by molar-refractivity contribution is 0.0924. The Labute approximate surface area is 142 Å². The van der Waals surface area contributed by atoms with Gasteiger partial charge in [-0.15, -0.1) is 5.10 Å². The van der Waals surface area contributed by atoms with E-state index in [0.717, 1.165) is 13.1 Å². The Hall–Kier alpha value is -2.21. The van der Waals surface area contributed by atoms with Crippen LogP contribution >= 0.6 is 0 Å². The van der Waals surface area contributed by atoms with E-state index < -0.39 is 0 Å². The topological polar surface area (TPSA) is 63.1 Å². The minimum atomic E-state index is -0.209. The summed E-state index contributed by atoms with van der Waals surface area (Å²) in [4.78, 5) is 19.0. The standard InChI is InChI=1S/C18H25N5O/c1-18(2,3)23-12-19-16(21-23)17(24)20-15-11-22(4)10-14(15)13-8-6-5-7-9-13/h5-9,12,14-15H,10-11H2,1-4H3,(H,20,24). The molecular weight excluding hydrogens is 302 g/mol. The van der Waals surface area contributed by atoms with Crippen LogP contribution in [0.4, 0.5) is 0 Å². The molecule has 2 aromatic rings. The van der Waals surface area contributed by atoms with Crippen molar-refractivity contribution in [1.82, 2.24) is 25.0 Å². The summed E-state index contributed by atoms with van der Waals surface area (Å²) in [6.07, 6.45) is 1.62. The maximum atomic E-state index is 12.6. The van der Waals surface area contributed by atoms with Crippen LogP contribution in [0.5, 0.6) is 0 Å². The zero-order chi connectivity index (χ0) is 17.3. The summed E-state index contributed by atoms with van der Waals surface area (Å²) in [5, 5.41) is 7.44. The van der Waals surface area contributed by atoms with Crippen LogP contribution in [0, 0.1) is 0 Å². The van der Waals surface area contributed by atoms with Gasteiger partial charge in [0.25, 0.3) is 5.91 Å². The first-order valence-corrected chi connectivity index (χ1v) is 8.31. The summed E-state index contributed by atoms with van der Waals surface area (Å²) >= 11 is 0. The van der Waals surface area contributed by atoms with Gasteiger partial charge in [0, 0.05) is 19.0 Å². The third kappa shape index (κ3) is 3.48. The van der Waals surface area contributed by atoms with Crippen LogP contribution in [0.2, 0.25) is 0 Å². The zero-order valence-electron chi connectivity index (χ0n) is 14.7. The van der Waals surface area contributed by atoms with Crippen molar-refractivity contribution >= 4 is 5.91 Å². The molecule has 2 atom stereocenters. The van der Waals surface area contributed by atoms with Gasteiger partial charge in [-0.2, -0.15) is 0 Å². The van der Waals surface area contributed by atoms with Crippen LogP contribution in [0.3, 0.4) is 0 Å². The van der Waals surface area contributed by atoms with Crippen molar-refractivity contribution in [2.45, 2.75) is 38.3 Å². The van der Waals surface area contributed by atoms with Crippen molar-refractivity contribution in [3.63, 3.8) is 0 Å². The molecule has 128 valence electrons. The van der Waals surface area contributed by atoms with Crippen molar-refractivity contribution in [3.05, 3.63) is 48.0 Å². The van der Waals surface area contributed by atoms with Crippen LogP contribution < -0.4 is 5.32 Å². The molecule has 6 heteroatoms. The first-order chi connectivity index (χ1) is 11.3. The van der Waals surface area contributed by atoms with E-state index in [4.69, 9.17) is 0 Å². The Balaban J connectivity index is 1.74. The summed E-state index contributed by atoms with van der Waals surface area (Å²) in [5.74, 6) is 0.301. The molecule has 24 heavy (non-hydrogen) atoms. The molecule has 2 unspecified atom stereocenters. The van der Waals surface area contributed by atoms with E-state index in [-0.39, 0.29) is 29.2 Å². The first kappa shape index (κ1) is 16.6. The number of nitrogens with one attached hydrogen (secondary N) is 1. The van der Waals surface area contributed by atoms with E-state index in [1.807, 2.05) is 39.0 Å². The van der Waals surface area contributed by atoms with Crippen LogP contribution in [-0.2, 0) is 5.54 Å². The minimum Gasteiger partial charge on any atom is -0.345 e. The zero-order valence-corrected chi connectivity index (χ0v) is 14.7. The van der Waals surface area contributed by atoms with Gasteiger partial charge < -0.3 is 10.2 Å². The van der Waals surface area contributed by atoms with Crippen LogP contribution in [0.1, 0.15) is 42.9 Å². The molecule has 1 fully saturated rings. The van der Waals surface area contributed by atoms with E-state index in [9.17, 15) is 4.79 Å². The highest BCUT2D eigenvalue weighted by Gasteiger charge is 2.33. The second kappa shape index (κ2) is 6.36. The van der Waals surface area contributed by atoms with Crippen molar-refractivity contribution in [2.75, 3.05) is 20.1 Å². The predicted octanol–water partition coefficient (Wildman–Crippen LogP) is 1.86. The number of aromatic nitrogens is 3. The van der Waals surface area contributed by atoms with E-state index in [0.29, 0.717) is 0 Å². The highest BCUT2D eigenvalue weighted by Crippen LogP contribution is 2.26. The van der Waals surface area contributed by atoms with Gasteiger partial charge in [-0.1, -0.05) is 30.3 Å². The Morgan fingerprint density at radius 1 is 1.21 bits per heavy atom. The number of likely N-dealkylation sites (tertiary alicyclic amines) is 1. The summed E-state index contributed by atoms with van der Waals surface area (Å²) in [6, 6.07) is 10.4. The van der Waals surface area contributed by atoms with E-state index >= 15 is 0 Å². The van der Waals surface area contributed by atoms with Gasteiger partial charge in [-0.05, 0) is 33.4 Å². The normalized spacial score (nSPS) is 21.8. The van der Waals surface area contributed by atoms with Crippen molar-refractivity contribution in [2.24, 2.45) is 0 Å². The number of amides is 1. The van der Waals surface area contributed by atoms with Crippen molar-refractivity contribution in [3.8, 4) is 0 Å². The highest BCUT2D eigenvalue weighted by molar-refractivity contribution is 5.90. The molecule has 0 saturated carbocycles. The second-order valence-electron chi connectivity index (χ2n) is 7.50. The van der Waals surface area contributed by atoms with Crippen LogP contribution in [0.25, 0.3) is 0 Å². The Kier molecular flexibility index (Phi) is 4.41. The monoisotopic (exact) mass is 327 g/mol. The van der Waals surface area contributed by atoms with Crippen LogP contribution in [-0.4, -0.2) is 51.8 Å². The summed E-state index contributed by atoms with van der Waals surface area (Å²) in [6.45, 7) is 7.84. The summed E-state index contributed by atoms with van der Waals surface area (Å²) in [5.41, 5.74) is 1.06. The molecule has 1 N–H and O–H groups in total. The first-order valence-electron chi connectivity index (χ1n) is 8.31. The maximum absolute atomic E-state index is 12.6. The minimum absolute atomic E-state index is 0.0616. The lowest BCUT2D eigenvalue weighted by Crippen LogP contribution is -2.40. The number of carbonyl (C=O) groups excluding carboxylic acids is 1. The van der Waals surface area contributed by atoms with E-state index in [1.165, 1.54) is 5.56 Å². The van der Waals surface area contributed by atoms with Crippen molar-refractivity contribution in [1.29, 1.82) is 0 Å². The average Bonchev–Trinajstić information content (AvgIpc) is 3.15. The molecule has 1 aromatic carbocycles. The smallest absolute Gasteiger partial charge is 0.291 e. The molecule has 6 nitrogen and oxygen atoms in total. The molecule has 1 aliphatic heterocycles. The number of nitrogens with zero attached hydrogens (tertiary/aromatic N) is 4. The fraction of sp³-hybridized carbons (Fsp3) is 0.500. The van der Waals surface area contributed by atoms with Crippen LogP contribution in [0.15, 0.2) is 36.7 Å². The molecule has 1 saturated heterocycles. The number of likely N-dealkylation sites (N-methyl/N-ethyl adjacent to an activating group) is 1. The molecule has 1 aromatic heterocycles. The third-order valence-electron chi connectivity index (χ3n) is 4.43. The maximum Gasteiger partial charge on any atom is 0.291 e. The number of benzene rings is 1. The van der Waals surface area contributed by atoms with Gasteiger partial charge in [0.2, 0.25) is 5.82 Å². The molecule has 0 bridgehead atoms. The Bertz CT molecular complexity index is 704. The molecule has 3 rings (SSSR count). The molecule has 1 amide bonds. The molecule has 1 aliphatic rings. The summed E-state index contributed by atoms with van der Waals surface area (Å²) in [7, 11) is 2.08. The Morgan fingerprint density at radius 3 is 2.54 bits per heavy atom. The van der Waals surface area contributed by atoms with Crippen molar-refractivity contribution < 1.29 is 4.79 Å². The largest absolute Gasteiger partial charge is 0.345 e. The van der Waals surface area contributed by atoms with Gasteiger partial charge in [-0.3, -0.25) is 4.79 Å². The lowest BCUT2D eigenvalue weighted by atomic mass is 9.94. The van der Waals surface area contributed by atoms with E-state index in [1.54, 1.807) is 11.0 Å². The molecular formula is C18H25N5O. The fourth-order valence-corrected chi connectivity index (χ4v) is 3.11. The average molecular weight is 327 g/mol. The molecule has 0 aliphatic carbocycles.